The van der Waals surface area contributed by atoms with Crippen LogP contribution in [0.15, 0.2) is 29.8 Å². The van der Waals surface area contributed by atoms with Crippen molar-refractivity contribution in [3.05, 3.63) is 35.4 Å². The summed E-state index contributed by atoms with van der Waals surface area (Å²) in [6.45, 7) is 4.85. The standard InChI is InChI=1S/C21H28N2O4/c1-15-6-10-22(11-7-15)20(24)16-8-12-23(13-9-16)21(25)17-4-5-18(26-2)19(14-17)27-3/h4-6,14,16H,7-13H2,1-3H3. The Bertz CT molecular complexity index is 736. The third-order valence-corrected chi connectivity index (χ3v) is 5.51. The van der Waals surface area contributed by atoms with Crippen molar-refractivity contribution < 1.29 is 19.1 Å². The lowest BCUT2D eigenvalue weighted by Crippen LogP contribution is -2.45. The number of nitrogens with zero attached hydrogens (tertiary/aromatic N) is 2. The molecule has 0 saturated carbocycles. The minimum absolute atomic E-state index is 0.0197. The molecular formula is C21H28N2O4. The number of rotatable bonds is 4. The molecule has 2 aliphatic rings. The molecule has 0 spiro atoms. The summed E-state index contributed by atoms with van der Waals surface area (Å²) in [5.74, 6) is 1.37. The van der Waals surface area contributed by atoms with E-state index in [1.54, 1.807) is 32.4 Å². The molecule has 1 aromatic carbocycles. The molecule has 0 unspecified atom stereocenters. The summed E-state index contributed by atoms with van der Waals surface area (Å²) in [5, 5.41) is 0. The zero-order valence-corrected chi connectivity index (χ0v) is 16.4. The van der Waals surface area contributed by atoms with Crippen LogP contribution in [0.5, 0.6) is 11.5 Å². The smallest absolute Gasteiger partial charge is 0.253 e. The Balaban J connectivity index is 1.59. The monoisotopic (exact) mass is 372 g/mol. The molecule has 6 nitrogen and oxygen atoms in total. The second-order valence-corrected chi connectivity index (χ2v) is 7.22. The highest BCUT2D eigenvalue weighted by Crippen LogP contribution is 2.29. The van der Waals surface area contributed by atoms with Gasteiger partial charge in [0.2, 0.25) is 5.91 Å². The molecular weight excluding hydrogens is 344 g/mol. The van der Waals surface area contributed by atoms with Gasteiger partial charge in [0, 0.05) is 37.7 Å². The minimum atomic E-state index is -0.0293. The molecule has 2 aliphatic heterocycles. The van der Waals surface area contributed by atoms with Crippen LogP contribution in [-0.2, 0) is 4.79 Å². The maximum atomic E-state index is 12.8. The zero-order valence-electron chi connectivity index (χ0n) is 16.4. The number of amides is 2. The van der Waals surface area contributed by atoms with Gasteiger partial charge in [-0.05, 0) is 44.4 Å². The molecule has 0 radical (unpaired) electrons. The molecule has 6 heteroatoms. The fraction of sp³-hybridized carbons (Fsp3) is 0.524. The Morgan fingerprint density at radius 3 is 2.30 bits per heavy atom. The summed E-state index contributed by atoms with van der Waals surface area (Å²) in [6.07, 6.45) is 4.54. The number of carbonyl (C=O) groups is 2. The third-order valence-electron chi connectivity index (χ3n) is 5.51. The maximum Gasteiger partial charge on any atom is 0.253 e. The van der Waals surface area contributed by atoms with Gasteiger partial charge in [-0.1, -0.05) is 11.6 Å². The van der Waals surface area contributed by atoms with Gasteiger partial charge < -0.3 is 19.3 Å². The Labute approximate surface area is 160 Å². The lowest BCUT2D eigenvalue weighted by Gasteiger charge is -2.35. The van der Waals surface area contributed by atoms with Crippen LogP contribution in [0.2, 0.25) is 0 Å². The minimum Gasteiger partial charge on any atom is -0.493 e. The fourth-order valence-electron chi connectivity index (χ4n) is 3.71. The normalized spacial score (nSPS) is 18.1. The van der Waals surface area contributed by atoms with E-state index in [9.17, 15) is 9.59 Å². The summed E-state index contributed by atoms with van der Waals surface area (Å²) in [6, 6.07) is 5.21. The van der Waals surface area contributed by atoms with Crippen LogP contribution >= 0.6 is 0 Å². The van der Waals surface area contributed by atoms with Gasteiger partial charge in [-0.15, -0.1) is 0 Å². The van der Waals surface area contributed by atoms with E-state index in [-0.39, 0.29) is 17.7 Å². The molecule has 0 bridgehead atoms. The molecule has 27 heavy (non-hydrogen) atoms. The molecule has 146 valence electrons. The highest BCUT2D eigenvalue weighted by molar-refractivity contribution is 5.95. The van der Waals surface area contributed by atoms with E-state index >= 15 is 0 Å². The Morgan fingerprint density at radius 2 is 1.70 bits per heavy atom. The van der Waals surface area contributed by atoms with Crippen LogP contribution < -0.4 is 9.47 Å². The Kier molecular flexibility index (Phi) is 6.04. The molecule has 0 aromatic heterocycles. The van der Waals surface area contributed by atoms with Crippen molar-refractivity contribution in [2.45, 2.75) is 26.2 Å². The van der Waals surface area contributed by atoms with Gasteiger partial charge in [-0.2, -0.15) is 0 Å². The van der Waals surface area contributed by atoms with Crippen LogP contribution in [0, 0.1) is 5.92 Å². The van der Waals surface area contributed by atoms with Crippen molar-refractivity contribution >= 4 is 11.8 Å². The molecule has 0 atom stereocenters. The van der Waals surface area contributed by atoms with Gasteiger partial charge in [0.1, 0.15) is 0 Å². The lowest BCUT2D eigenvalue weighted by molar-refractivity contribution is -0.136. The Hall–Kier alpha value is -2.50. The molecule has 1 fully saturated rings. The second kappa shape index (κ2) is 8.46. The van der Waals surface area contributed by atoms with Crippen molar-refractivity contribution in [2.24, 2.45) is 5.92 Å². The van der Waals surface area contributed by atoms with Gasteiger partial charge in [0.15, 0.2) is 11.5 Å². The number of ether oxygens (including phenoxy) is 2. The van der Waals surface area contributed by atoms with Gasteiger partial charge in [-0.3, -0.25) is 9.59 Å². The van der Waals surface area contributed by atoms with E-state index in [0.29, 0.717) is 30.2 Å². The number of methoxy groups -OCH3 is 2. The second-order valence-electron chi connectivity index (χ2n) is 7.22. The van der Waals surface area contributed by atoms with E-state index in [4.69, 9.17) is 9.47 Å². The molecule has 0 N–H and O–H groups in total. The van der Waals surface area contributed by atoms with Crippen LogP contribution in [0.25, 0.3) is 0 Å². The SMILES string of the molecule is COc1ccc(C(=O)N2CCC(C(=O)N3CC=C(C)CC3)CC2)cc1OC. The first-order chi connectivity index (χ1) is 13.0. The van der Waals surface area contributed by atoms with E-state index in [1.165, 1.54) is 5.57 Å². The highest BCUT2D eigenvalue weighted by Gasteiger charge is 2.31. The van der Waals surface area contributed by atoms with Gasteiger partial charge >= 0.3 is 0 Å². The molecule has 1 aromatic rings. The fourth-order valence-corrected chi connectivity index (χ4v) is 3.71. The van der Waals surface area contributed by atoms with E-state index in [0.717, 1.165) is 32.4 Å². The van der Waals surface area contributed by atoms with Gasteiger partial charge in [-0.25, -0.2) is 0 Å². The van der Waals surface area contributed by atoms with Crippen molar-refractivity contribution in [2.75, 3.05) is 40.4 Å². The number of benzene rings is 1. The quantitative estimate of drug-likeness (QED) is 0.763. The summed E-state index contributed by atoms with van der Waals surface area (Å²) in [5.41, 5.74) is 1.93. The molecule has 3 rings (SSSR count). The van der Waals surface area contributed by atoms with Crippen LogP contribution in [-0.4, -0.2) is 62.0 Å². The number of likely N-dealkylation sites (tertiary alicyclic amines) is 1. The highest BCUT2D eigenvalue weighted by atomic mass is 16.5. The zero-order chi connectivity index (χ0) is 19.4. The van der Waals surface area contributed by atoms with Crippen LogP contribution in [0.1, 0.15) is 36.5 Å². The maximum absolute atomic E-state index is 12.8. The van der Waals surface area contributed by atoms with Crippen molar-refractivity contribution in [3.8, 4) is 11.5 Å². The number of piperidine rings is 1. The number of carbonyl (C=O) groups excluding carboxylic acids is 2. The van der Waals surface area contributed by atoms with Gasteiger partial charge in [0.25, 0.3) is 5.91 Å². The predicted molar refractivity (Wildman–Crippen MR) is 103 cm³/mol. The summed E-state index contributed by atoms with van der Waals surface area (Å²) >= 11 is 0. The van der Waals surface area contributed by atoms with Crippen molar-refractivity contribution in [1.29, 1.82) is 0 Å². The van der Waals surface area contributed by atoms with Crippen LogP contribution in [0.4, 0.5) is 0 Å². The predicted octanol–water partition coefficient (Wildman–Crippen LogP) is 2.73. The summed E-state index contributed by atoms with van der Waals surface area (Å²) < 4.78 is 10.5. The van der Waals surface area contributed by atoms with Crippen LogP contribution in [0.3, 0.4) is 0 Å². The van der Waals surface area contributed by atoms with Gasteiger partial charge in [0.05, 0.1) is 14.2 Å². The largest absolute Gasteiger partial charge is 0.493 e. The topological polar surface area (TPSA) is 59.1 Å². The first kappa shape index (κ1) is 19.3. The summed E-state index contributed by atoms with van der Waals surface area (Å²) in [4.78, 5) is 29.3. The lowest BCUT2D eigenvalue weighted by atomic mass is 9.94. The average Bonchev–Trinajstić information content (AvgIpc) is 2.72. The average molecular weight is 372 g/mol. The Morgan fingerprint density at radius 1 is 1.00 bits per heavy atom. The number of hydrogen-bond donors (Lipinski definition) is 0. The van der Waals surface area contributed by atoms with E-state index < -0.39 is 0 Å². The third kappa shape index (κ3) is 4.26. The first-order valence-corrected chi connectivity index (χ1v) is 9.49. The molecule has 0 aliphatic carbocycles. The molecule has 2 heterocycles. The van der Waals surface area contributed by atoms with E-state index in [2.05, 4.69) is 13.0 Å². The first-order valence-electron chi connectivity index (χ1n) is 9.49. The molecule has 2 amide bonds. The van der Waals surface area contributed by atoms with Crippen molar-refractivity contribution in [1.82, 2.24) is 9.80 Å². The summed E-state index contributed by atoms with van der Waals surface area (Å²) in [7, 11) is 3.13. The molecule has 1 saturated heterocycles. The number of hydrogen-bond acceptors (Lipinski definition) is 4. The van der Waals surface area contributed by atoms with E-state index in [1.807, 2.05) is 9.80 Å². The van der Waals surface area contributed by atoms with Crippen molar-refractivity contribution in [3.63, 3.8) is 0 Å².